The molecule has 0 aliphatic rings. The fourth-order valence-corrected chi connectivity index (χ4v) is 6.34. The second-order valence-electron chi connectivity index (χ2n) is 11.4. The Kier molecular flexibility index (Phi) is 8.59. The predicted octanol–water partition coefficient (Wildman–Crippen LogP) is 6.76. The Hall–Kier alpha value is -4.56. The standard InChI is InChI=1S/C35H35N3O4S/c1-25-19-21-28(22-20-25)43(40,41)38-31-18-12-11-17-29(31)36-32(38)24-23-30(34(39)42-35(2,3)4)37-33(26-13-7-5-8-14-26)27-15-9-6-10-16-27/h5-22,30H,23-24H2,1-4H3/t30-/m0/s1. The number of aliphatic imine (C=N–C) groups is 1. The summed E-state index contributed by atoms with van der Waals surface area (Å²) in [6.07, 6.45) is 0.356. The number of rotatable bonds is 9. The highest BCUT2D eigenvalue weighted by Gasteiger charge is 2.29. The van der Waals surface area contributed by atoms with Crippen molar-refractivity contribution in [2.45, 2.75) is 57.1 Å². The third kappa shape index (κ3) is 6.92. The second kappa shape index (κ2) is 12.4. The van der Waals surface area contributed by atoms with Crippen molar-refractivity contribution in [3.8, 4) is 0 Å². The molecule has 0 aliphatic heterocycles. The molecular formula is C35H35N3O4S. The molecule has 0 bridgehead atoms. The van der Waals surface area contributed by atoms with Crippen molar-refractivity contribution >= 4 is 32.7 Å². The molecule has 4 aromatic carbocycles. The SMILES string of the molecule is Cc1ccc(S(=O)(=O)n2c(CC[C@H](N=C(c3ccccc3)c3ccccc3)C(=O)OC(C)(C)C)nc3ccccc32)cc1. The van der Waals surface area contributed by atoms with Crippen LogP contribution in [0.3, 0.4) is 0 Å². The van der Waals surface area contributed by atoms with E-state index < -0.39 is 27.6 Å². The summed E-state index contributed by atoms with van der Waals surface area (Å²) in [5.41, 5.74) is 3.63. The molecule has 0 radical (unpaired) electrons. The van der Waals surface area contributed by atoms with Gasteiger partial charge in [0, 0.05) is 17.5 Å². The van der Waals surface area contributed by atoms with Crippen LogP contribution in [-0.4, -0.2) is 40.7 Å². The molecule has 1 atom stereocenters. The van der Waals surface area contributed by atoms with Gasteiger partial charge in [-0.3, -0.25) is 4.99 Å². The highest BCUT2D eigenvalue weighted by molar-refractivity contribution is 7.90. The number of hydrogen-bond acceptors (Lipinski definition) is 6. The van der Waals surface area contributed by atoms with Gasteiger partial charge in [0.1, 0.15) is 17.5 Å². The summed E-state index contributed by atoms with van der Waals surface area (Å²) >= 11 is 0. The lowest BCUT2D eigenvalue weighted by molar-refractivity contribution is -0.156. The number of aromatic nitrogens is 2. The predicted molar refractivity (Wildman–Crippen MR) is 170 cm³/mol. The Balaban J connectivity index is 1.59. The molecule has 5 aromatic rings. The van der Waals surface area contributed by atoms with Gasteiger partial charge in [0.25, 0.3) is 10.0 Å². The molecule has 0 saturated heterocycles. The van der Waals surface area contributed by atoms with E-state index in [1.54, 1.807) is 42.5 Å². The molecule has 220 valence electrons. The van der Waals surface area contributed by atoms with Gasteiger partial charge in [0.15, 0.2) is 0 Å². The highest BCUT2D eigenvalue weighted by Crippen LogP contribution is 2.26. The minimum absolute atomic E-state index is 0.166. The third-order valence-corrected chi connectivity index (χ3v) is 8.60. The Morgan fingerprint density at radius 3 is 1.98 bits per heavy atom. The van der Waals surface area contributed by atoms with Crippen LogP contribution in [0.4, 0.5) is 0 Å². The number of imidazole rings is 1. The number of nitrogens with zero attached hydrogens (tertiary/aromatic N) is 3. The van der Waals surface area contributed by atoms with Crippen LogP contribution in [0.25, 0.3) is 11.0 Å². The summed E-state index contributed by atoms with van der Waals surface area (Å²) in [6.45, 7) is 7.35. The molecule has 0 N–H and O–H groups in total. The van der Waals surface area contributed by atoms with Crippen molar-refractivity contribution in [3.05, 3.63) is 132 Å². The Labute approximate surface area is 253 Å². The number of carbonyl (C=O) groups excluding carboxylic acids is 1. The van der Waals surface area contributed by atoms with E-state index in [4.69, 9.17) is 14.7 Å². The van der Waals surface area contributed by atoms with Gasteiger partial charge < -0.3 is 4.74 Å². The van der Waals surface area contributed by atoms with Crippen LogP contribution in [0.1, 0.15) is 49.7 Å². The molecule has 0 amide bonds. The van der Waals surface area contributed by atoms with Gasteiger partial charge in [0.05, 0.1) is 21.6 Å². The van der Waals surface area contributed by atoms with Gasteiger partial charge in [0.2, 0.25) is 0 Å². The van der Waals surface area contributed by atoms with Crippen LogP contribution in [0.15, 0.2) is 119 Å². The zero-order valence-electron chi connectivity index (χ0n) is 24.8. The van der Waals surface area contributed by atoms with Crippen LogP contribution in [0.2, 0.25) is 0 Å². The average Bonchev–Trinajstić information content (AvgIpc) is 3.37. The van der Waals surface area contributed by atoms with Crippen molar-refractivity contribution in [1.29, 1.82) is 0 Å². The number of benzene rings is 4. The van der Waals surface area contributed by atoms with Gasteiger partial charge in [-0.25, -0.2) is 22.2 Å². The van der Waals surface area contributed by atoms with E-state index in [0.29, 0.717) is 22.6 Å². The fraction of sp³-hybridized carbons (Fsp3) is 0.229. The molecule has 0 aliphatic carbocycles. The van der Waals surface area contributed by atoms with E-state index in [9.17, 15) is 13.2 Å². The number of esters is 1. The molecule has 1 aromatic heterocycles. The lowest BCUT2D eigenvalue weighted by atomic mass is 10.0. The van der Waals surface area contributed by atoms with E-state index in [0.717, 1.165) is 16.7 Å². The lowest BCUT2D eigenvalue weighted by Gasteiger charge is -2.23. The second-order valence-corrected chi connectivity index (χ2v) is 13.2. The van der Waals surface area contributed by atoms with E-state index in [2.05, 4.69) is 0 Å². The molecule has 1 heterocycles. The molecule has 0 saturated carbocycles. The van der Waals surface area contributed by atoms with E-state index in [1.807, 2.05) is 94.4 Å². The maximum absolute atomic E-state index is 14.0. The molecule has 7 nitrogen and oxygen atoms in total. The largest absolute Gasteiger partial charge is 0.458 e. The van der Waals surface area contributed by atoms with Crippen molar-refractivity contribution in [2.24, 2.45) is 4.99 Å². The summed E-state index contributed by atoms with van der Waals surface area (Å²) < 4.78 is 35.0. The van der Waals surface area contributed by atoms with Crippen molar-refractivity contribution in [2.75, 3.05) is 0 Å². The number of fused-ring (bicyclic) bond motifs is 1. The van der Waals surface area contributed by atoms with E-state index in [1.165, 1.54) is 3.97 Å². The summed E-state index contributed by atoms with van der Waals surface area (Å²) in [4.78, 5) is 23.5. The molecule has 0 spiro atoms. The Bertz CT molecular complexity index is 1810. The normalized spacial score (nSPS) is 12.6. The molecule has 8 heteroatoms. The summed E-state index contributed by atoms with van der Waals surface area (Å²) in [6, 6.07) is 32.3. The molecule has 0 fully saturated rings. The molecule has 0 unspecified atom stereocenters. The zero-order chi connectivity index (χ0) is 30.6. The fourth-order valence-electron chi connectivity index (χ4n) is 4.83. The summed E-state index contributed by atoms with van der Waals surface area (Å²) in [5, 5.41) is 0. The first-order valence-corrected chi connectivity index (χ1v) is 15.7. The number of ether oxygens (including phenoxy) is 1. The van der Waals surface area contributed by atoms with Gasteiger partial charge in [-0.15, -0.1) is 0 Å². The minimum Gasteiger partial charge on any atom is -0.458 e. The maximum atomic E-state index is 14.0. The molecular weight excluding hydrogens is 558 g/mol. The van der Waals surface area contributed by atoms with Crippen molar-refractivity contribution in [1.82, 2.24) is 8.96 Å². The van der Waals surface area contributed by atoms with E-state index in [-0.39, 0.29) is 17.7 Å². The van der Waals surface area contributed by atoms with Crippen LogP contribution < -0.4 is 0 Å². The Morgan fingerprint density at radius 1 is 0.837 bits per heavy atom. The first kappa shape index (κ1) is 29.9. The van der Waals surface area contributed by atoms with Crippen molar-refractivity contribution in [3.63, 3.8) is 0 Å². The number of hydrogen-bond donors (Lipinski definition) is 0. The topological polar surface area (TPSA) is 90.6 Å². The van der Waals surface area contributed by atoms with Crippen LogP contribution >= 0.6 is 0 Å². The van der Waals surface area contributed by atoms with Crippen LogP contribution in [-0.2, 0) is 26.0 Å². The van der Waals surface area contributed by atoms with Crippen molar-refractivity contribution < 1.29 is 17.9 Å². The van der Waals surface area contributed by atoms with Gasteiger partial charge in [-0.1, -0.05) is 90.5 Å². The number of aryl methyl sites for hydroxylation is 2. The zero-order valence-corrected chi connectivity index (χ0v) is 25.6. The van der Waals surface area contributed by atoms with Gasteiger partial charge in [-0.05, 0) is 58.4 Å². The van der Waals surface area contributed by atoms with Crippen LogP contribution in [0.5, 0.6) is 0 Å². The van der Waals surface area contributed by atoms with Gasteiger partial charge >= 0.3 is 5.97 Å². The lowest BCUT2D eigenvalue weighted by Crippen LogP contribution is -2.32. The number of para-hydroxylation sites is 2. The smallest absolute Gasteiger partial charge is 0.331 e. The third-order valence-electron chi connectivity index (χ3n) is 6.84. The summed E-state index contributed by atoms with van der Waals surface area (Å²) in [5.74, 6) is -0.160. The molecule has 5 rings (SSSR count). The minimum atomic E-state index is -3.97. The first-order valence-electron chi connectivity index (χ1n) is 14.2. The first-order chi connectivity index (χ1) is 20.5. The molecule has 43 heavy (non-hydrogen) atoms. The van der Waals surface area contributed by atoms with E-state index >= 15 is 0 Å². The highest BCUT2D eigenvalue weighted by atomic mass is 32.2. The Morgan fingerprint density at radius 2 is 1.40 bits per heavy atom. The van der Waals surface area contributed by atoms with Gasteiger partial charge in [-0.2, -0.15) is 0 Å². The summed E-state index contributed by atoms with van der Waals surface area (Å²) in [7, 11) is -3.97. The monoisotopic (exact) mass is 593 g/mol. The average molecular weight is 594 g/mol. The quantitative estimate of drug-likeness (QED) is 0.139. The number of carbonyl (C=O) groups is 1. The van der Waals surface area contributed by atoms with Crippen LogP contribution in [0, 0.1) is 6.92 Å². The maximum Gasteiger partial charge on any atom is 0.331 e.